The Kier molecular flexibility index (Phi) is 8.28. The highest BCUT2D eigenvalue weighted by Crippen LogP contribution is 2.37. The molecule has 0 amide bonds. The smallest absolute Gasteiger partial charge is 0.416 e. The number of aliphatic carboxylic acids is 1. The van der Waals surface area contributed by atoms with Crippen molar-refractivity contribution in [3.8, 4) is 5.75 Å². The molecule has 1 N–H and O–H groups in total. The number of carboxylic acid groups (broad SMARTS) is 1. The van der Waals surface area contributed by atoms with E-state index in [1.807, 2.05) is 25.1 Å². The van der Waals surface area contributed by atoms with Crippen molar-refractivity contribution in [3.05, 3.63) is 100 Å². The third-order valence-corrected chi connectivity index (χ3v) is 7.14. The molecule has 4 aromatic rings. The number of benzene rings is 1. The van der Waals surface area contributed by atoms with Gasteiger partial charge >= 0.3 is 12.1 Å². The summed E-state index contributed by atoms with van der Waals surface area (Å²) in [5.41, 5.74) is -1.06. The molecule has 0 aliphatic carbocycles. The lowest BCUT2D eigenvalue weighted by Gasteiger charge is -2.22. The van der Waals surface area contributed by atoms with Gasteiger partial charge in [-0.25, -0.2) is 0 Å². The molecule has 0 bridgehead atoms. The maximum absolute atomic E-state index is 14.0. The quantitative estimate of drug-likeness (QED) is 0.204. The number of ether oxygens (including phenoxy) is 1. The zero-order valence-corrected chi connectivity index (χ0v) is 24.8. The molecule has 226 valence electrons. The summed E-state index contributed by atoms with van der Waals surface area (Å²) < 4.78 is 47.1. The Morgan fingerprint density at radius 2 is 1.60 bits per heavy atom. The van der Waals surface area contributed by atoms with E-state index in [1.54, 1.807) is 39.1 Å². The Morgan fingerprint density at radius 3 is 2.16 bits per heavy atom. The van der Waals surface area contributed by atoms with Crippen LogP contribution < -0.4 is 4.74 Å². The van der Waals surface area contributed by atoms with Gasteiger partial charge in [0.15, 0.2) is 5.78 Å². The highest BCUT2D eigenvalue weighted by atomic mass is 19.4. The van der Waals surface area contributed by atoms with Gasteiger partial charge in [0.05, 0.1) is 27.9 Å². The van der Waals surface area contributed by atoms with E-state index < -0.39 is 34.3 Å². The molecule has 3 aromatic heterocycles. The predicted molar refractivity (Wildman–Crippen MR) is 154 cm³/mol. The lowest BCUT2D eigenvalue weighted by Crippen LogP contribution is -2.29. The van der Waals surface area contributed by atoms with E-state index in [2.05, 4.69) is 4.98 Å². The molecule has 0 atom stereocenters. The summed E-state index contributed by atoms with van der Waals surface area (Å²) in [6, 6.07) is 12.5. The minimum absolute atomic E-state index is 0.00332. The Labute approximate surface area is 247 Å². The van der Waals surface area contributed by atoms with Gasteiger partial charge in [-0.3, -0.25) is 19.4 Å². The van der Waals surface area contributed by atoms with E-state index in [0.717, 1.165) is 30.0 Å². The van der Waals surface area contributed by atoms with Crippen molar-refractivity contribution in [1.82, 2.24) is 9.38 Å². The van der Waals surface area contributed by atoms with Gasteiger partial charge in [0.1, 0.15) is 12.4 Å². The molecule has 0 saturated heterocycles. The van der Waals surface area contributed by atoms with Crippen molar-refractivity contribution in [3.63, 3.8) is 0 Å². The Morgan fingerprint density at radius 1 is 0.953 bits per heavy atom. The standard InChI is InChI=1S/C33H33F3N2O5/c1-19-8-7-9-22(37-19)18-43-23-14-15-38-25(16-23)26(29(40)31(2,3)4)24(17-32(5,6)30(41)42)27(38)28(39)20-10-12-21(13-11-20)33(34,35)36/h7-16H,17-18H2,1-6H3,(H,41,42). The van der Waals surface area contributed by atoms with Gasteiger partial charge in [0.2, 0.25) is 5.78 Å². The van der Waals surface area contributed by atoms with Crippen LogP contribution in [0.25, 0.3) is 5.52 Å². The van der Waals surface area contributed by atoms with Crippen LogP contribution in [0.5, 0.6) is 5.75 Å². The highest BCUT2D eigenvalue weighted by Gasteiger charge is 2.38. The summed E-state index contributed by atoms with van der Waals surface area (Å²) in [6.07, 6.45) is -3.23. The molecule has 0 radical (unpaired) electrons. The number of ketones is 2. The van der Waals surface area contributed by atoms with Crippen LogP contribution in [0, 0.1) is 17.8 Å². The van der Waals surface area contributed by atoms with Crippen LogP contribution >= 0.6 is 0 Å². The number of hydrogen-bond acceptors (Lipinski definition) is 5. The number of carbonyl (C=O) groups is 3. The molecule has 10 heteroatoms. The predicted octanol–water partition coefficient (Wildman–Crippen LogP) is 7.35. The van der Waals surface area contributed by atoms with Crippen molar-refractivity contribution < 1.29 is 37.4 Å². The monoisotopic (exact) mass is 594 g/mol. The molecule has 7 nitrogen and oxygen atoms in total. The molecule has 3 heterocycles. The maximum Gasteiger partial charge on any atom is 0.416 e. The van der Waals surface area contributed by atoms with E-state index in [1.165, 1.54) is 18.2 Å². The van der Waals surface area contributed by atoms with Gasteiger partial charge in [-0.2, -0.15) is 13.2 Å². The SMILES string of the molecule is Cc1cccc(COc2ccn3c(C(=O)c4ccc(C(F)(F)F)cc4)c(CC(C)(C)C(=O)O)c(C(=O)C(C)(C)C)c3c2)n1. The largest absolute Gasteiger partial charge is 0.487 e. The van der Waals surface area contributed by atoms with Crippen LogP contribution in [-0.4, -0.2) is 32.0 Å². The van der Waals surface area contributed by atoms with Crippen molar-refractivity contribution in [1.29, 1.82) is 0 Å². The third-order valence-electron chi connectivity index (χ3n) is 7.14. The average Bonchev–Trinajstić information content (AvgIpc) is 3.22. The van der Waals surface area contributed by atoms with Crippen molar-refractivity contribution in [2.24, 2.45) is 10.8 Å². The number of nitrogens with zero attached hydrogens (tertiary/aromatic N) is 2. The topological polar surface area (TPSA) is 98.0 Å². The Balaban J connectivity index is 1.95. The normalized spacial score (nSPS) is 12.4. The number of pyridine rings is 2. The van der Waals surface area contributed by atoms with Crippen molar-refractivity contribution in [2.75, 3.05) is 0 Å². The first-order valence-electron chi connectivity index (χ1n) is 13.6. The number of alkyl halides is 3. The van der Waals surface area contributed by atoms with E-state index in [4.69, 9.17) is 4.74 Å². The van der Waals surface area contributed by atoms with Gasteiger partial charge in [-0.05, 0) is 63.1 Å². The van der Waals surface area contributed by atoms with Crippen LogP contribution in [0.15, 0.2) is 60.8 Å². The minimum Gasteiger partial charge on any atom is -0.487 e. The summed E-state index contributed by atoms with van der Waals surface area (Å²) in [5, 5.41) is 9.95. The summed E-state index contributed by atoms with van der Waals surface area (Å²) in [7, 11) is 0. The maximum atomic E-state index is 14.0. The zero-order chi connectivity index (χ0) is 31.9. The molecule has 4 rings (SSSR count). The first-order valence-corrected chi connectivity index (χ1v) is 13.6. The molecular formula is C33H33F3N2O5. The Bertz CT molecular complexity index is 1710. The van der Waals surface area contributed by atoms with Gasteiger partial charge in [-0.15, -0.1) is 0 Å². The molecule has 0 spiro atoms. The number of hydrogen-bond donors (Lipinski definition) is 1. The van der Waals surface area contributed by atoms with Crippen LogP contribution in [-0.2, 0) is 24.0 Å². The minimum atomic E-state index is -4.59. The number of carbonyl (C=O) groups excluding carboxylic acids is 2. The summed E-state index contributed by atoms with van der Waals surface area (Å²) in [4.78, 5) is 44.6. The van der Waals surface area contributed by atoms with Crippen molar-refractivity contribution >= 4 is 23.1 Å². The van der Waals surface area contributed by atoms with E-state index in [0.29, 0.717) is 17.0 Å². The van der Waals surface area contributed by atoms with E-state index >= 15 is 0 Å². The Hall–Kier alpha value is -4.47. The number of halogens is 3. The number of aryl methyl sites for hydroxylation is 1. The highest BCUT2D eigenvalue weighted by molar-refractivity contribution is 6.15. The number of aromatic nitrogens is 2. The lowest BCUT2D eigenvalue weighted by atomic mass is 9.79. The fourth-order valence-corrected chi connectivity index (χ4v) is 4.73. The fraction of sp³-hybridized carbons (Fsp3) is 0.333. The van der Waals surface area contributed by atoms with Gasteiger partial charge in [0.25, 0.3) is 0 Å². The number of carboxylic acids is 1. The van der Waals surface area contributed by atoms with Crippen LogP contribution in [0.4, 0.5) is 13.2 Å². The molecular weight excluding hydrogens is 561 g/mol. The van der Waals surface area contributed by atoms with Gasteiger partial charge < -0.3 is 14.2 Å². The van der Waals surface area contributed by atoms with Gasteiger partial charge in [0, 0.05) is 34.5 Å². The number of fused-ring (bicyclic) bond motifs is 1. The molecule has 43 heavy (non-hydrogen) atoms. The molecule has 1 aromatic carbocycles. The second-order valence-corrected chi connectivity index (χ2v) is 12.2. The van der Waals surface area contributed by atoms with Crippen LogP contribution in [0.2, 0.25) is 0 Å². The van der Waals surface area contributed by atoms with E-state index in [-0.39, 0.29) is 41.2 Å². The summed E-state index contributed by atoms with van der Waals surface area (Å²) in [6.45, 7) is 10.1. The second kappa shape index (κ2) is 11.3. The summed E-state index contributed by atoms with van der Waals surface area (Å²) in [5.74, 6) is -1.73. The molecule has 0 unspecified atom stereocenters. The molecule has 0 saturated carbocycles. The first-order chi connectivity index (χ1) is 19.9. The average molecular weight is 595 g/mol. The van der Waals surface area contributed by atoms with E-state index in [9.17, 15) is 32.7 Å². The van der Waals surface area contributed by atoms with Crippen LogP contribution in [0.3, 0.4) is 0 Å². The zero-order valence-electron chi connectivity index (χ0n) is 24.8. The number of Topliss-reactive ketones (excluding diaryl/α,β-unsaturated/α-hetero) is 1. The molecule has 0 fully saturated rings. The number of rotatable bonds is 9. The summed E-state index contributed by atoms with van der Waals surface area (Å²) >= 11 is 0. The van der Waals surface area contributed by atoms with Crippen molar-refractivity contribution in [2.45, 2.75) is 60.7 Å². The second-order valence-electron chi connectivity index (χ2n) is 12.2. The third kappa shape index (κ3) is 6.63. The first kappa shape index (κ1) is 31.5. The fourth-order valence-electron chi connectivity index (χ4n) is 4.73. The lowest BCUT2D eigenvalue weighted by molar-refractivity contribution is -0.146. The van der Waals surface area contributed by atoms with Gasteiger partial charge in [-0.1, -0.05) is 39.0 Å². The molecule has 0 aliphatic rings. The van der Waals surface area contributed by atoms with Crippen LogP contribution in [0.1, 0.15) is 83.5 Å². The molecule has 0 aliphatic heterocycles.